The Morgan fingerprint density at radius 3 is 2.32 bits per heavy atom. The average molecular weight is 350 g/mol. The summed E-state index contributed by atoms with van der Waals surface area (Å²) in [5.74, 6) is -0.459. The Morgan fingerprint density at radius 2 is 1.64 bits per heavy atom. The minimum absolute atomic E-state index is 0.164. The Labute approximate surface area is 150 Å². The smallest absolute Gasteiger partial charge is 0.253 e. The molecule has 0 spiro atoms. The van der Waals surface area contributed by atoms with E-state index in [1.807, 2.05) is 48.7 Å². The van der Waals surface area contributed by atoms with Crippen LogP contribution in [-0.2, 0) is 0 Å². The maximum atomic E-state index is 12.8. The van der Waals surface area contributed by atoms with E-state index in [1.54, 1.807) is 30.3 Å². The first-order chi connectivity index (χ1) is 12.1. The molecule has 1 heterocycles. The van der Waals surface area contributed by atoms with Gasteiger partial charge >= 0.3 is 0 Å². The summed E-state index contributed by atoms with van der Waals surface area (Å²) in [6.45, 7) is 1.95. The Bertz CT molecular complexity index is 860. The molecule has 0 bridgehead atoms. The molecule has 0 saturated carbocycles. The van der Waals surface area contributed by atoms with Crippen molar-refractivity contribution in [2.75, 3.05) is 5.32 Å². The average Bonchev–Trinajstić information content (AvgIpc) is 3.17. The first-order valence-corrected chi connectivity index (χ1v) is 8.79. The molecular weight excluding hydrogens is 332 g/mol. The summed E-state index contributed by atoms with van der Waals surface area (Å²) in [4.78, 5) is 25.9. The van der Waals surface area contributed by atoms with Crippen LogP contribution in [0.25, 0.3) is 0 Å². The fourth-order valence-electron chi connectivity index (χ4n) is 2.42. The highest BCUT2D eigenvalue weighted by atomic mass is 32.1. The molecule has 4 nitrogen and oxygen atoms in total. The van der Waals surface area contributed by atoms with Crippen LogP contribution < -0.4 is 10.6 Å². The lowest BCUT2D eigenvalue weighted by Crippen LogP contribution is -2.46. The molecule has 0 aliphatic heterocycles. The number of amides is 1. The predicted octanol–water partition coefficient (Wildman–Crippen LogP) is 4.11. The number of hydrogen-bond acceptors (Lipinski definition) is 4. The zero-order valence-electron chi connectivity index (χ0n) is 13.7. The zero-order valence-corrected chi connectivity index (χ0v) is 14.5. The molecule has 1 atom stereocenters. The van der Waals surface area contributed by atoms with Crippen molar-refractivity contribution in [3.63, 3.8) is 0 Å². The molecule has 0 radical (unpaired) electrons. The van der Waals surface area contributed by atoms with Crippen LogP contribution in [0.2, 0.25) is 0 Å². The van der Waals surface area contributed by atoms with E-state index in [1.165, 1.54) is 11.3 Å². The van der Waals surface area contributed by atoms with Gasteiger partial charge in [-0.3, -0.25) is 9.59 Å². The first kappa shape index (κ1) is 16.9. The van der Waals surface area contributed by atoms with Crippen molar-refractivity contribution in [1.82, 2.24) is 5.32 Å². The number of anilines is 1. The number of para-hydroxylation sites is 1. The molecule has 2 aromatic carbocycles. The van der Waals surface area contributed by atoms with Gasteiger partial charge in [0, 0.05) is 11.3 Å². The van der Waals surface area contributed by atoms with E-state index in [0.717, 1.165) is 11.3 Å². The second-order valence-corrected chi connectivity index (χ2v) is 6.52. The third-order valence-electron chi connectivity index (χ3n) is 3.78. The molecule has 126 valence electrons. The van der Waals surface area contributed by atoms with Gasteiger partial charge in [0.2, 0.25) is 5.78 Å². The molecule has 0 saturated heterocycles. The molecule has 5 heteroatoms. The van der Waals surface area contributed by atoms with Crippen LogP contribution in [0.4, 0.5) is 5.69 Å². The van der Waals surface area contributed by atoms with Crippen molar-refractivity contribution < 1.29 is 9.59 Å². The van der Waals surface area contributed by atoms with E-state index in [4.69, 9.17) is 0 Å². The monoisotopic (exact) mass is 350 g/mol. The number of Topliss-reactive ketones (excluding diaryl/α,β-unsaturated/α-hetero) is 1. The highest BCUT2D eigenvalue weighted by molar-refractivity contribution is 7.12. The maximum Gasteiger partial charge on any atom is 0.253 e. The van der Waals surface area contributed by atoms with Gasteiger partial charge in [-0.05, 0) is 42.1 Å². The van der Waals surface area contributed by atoms with Crippen LogP contribution in [0, 0.1) is 6.92 Å². The number of aryl methyl sites for hydroxylation is 1. The maximum absolute atomic E-state index is 12.8. The van der Waals surface area contributed by atoms with Gasteiger partial charge < -0.3 is 10.6 Å². The summed E-state index contributed by atoms with van der Waals surface area (Å²) in [6, 6.07) is 20.1. The van der Waals surface area contributed by atoms with E-state index in [2.05, 4.69) is 10.6 Å². The summed E-state index contributed by atoms with van der Waals surface area (Å²) in [5, 5.41) is 7.81. The summed E-state index contributed by atoms with van der Waals surface area (Å²) in [6.07, 6.45) is -0.840. The van der Waals surface area contributed by atoms with Crippen LogP contribution in [0.1, 0.15) is 25.6 Å². The van der Waals surface area contributed by atoms with Crippen molar-refractivity contribution in [1.29, 1.82) is 0 Å². The second-order valence-electron chi connectivity index (χ2n) is 5.57. The highest BCUT2D eigenvalue weighted by Crippen LogP contribution is 2.17. The van der Waals surface area contributed by atoms with Crippen molar-refractivity contribution >= 4 is 28.7 Å². The number of carbonyl (C=O) groups excluding carboxylic acids is 2. The van der Waals surface area contributed by atoms with Crippen LogP contribution in [0.3, 0.4) is 0 Å². The Morgan fingerprint density at radius 1 is 0.920 bits per heavy atom. The summed E-state index contributed by atoms with van der Waals surface area (Å²) in [5.41, 5.74) is 2.32. The van der Waals surface area contributed by atoms with Crippen molar-refractivity contribution in [3.05, 3.63) is 88.1 Å². The van der Waals surface area contributed by atoms with Gasteiger partial charge in [-0.25, -0.2) is 0 Å². The van der Waals surface area contributed by atoms with Crippen molar-refractivity contribution in [3.8, 4) is 0 Å². The Kier molecular flexibility index (Phi) is 5.26. The lowest BCUT2D eigenvalue weighted by atomic mass is 10.1. The molecule has 3 rings (SSSR count). The van der Waals surface area contributed by atoms with Gasteiger partial charge in [0.15, 0.2) is 6.17 Å². The van der Waals surface area contributed by atoms with E-state index >= 15 is 0 Å². The van der Waals surface area contributed by atoms with Gasteiger partial charge in [0.05, 0.1) is 4.88 Å². The quantitative estimate of drug-likeness (QED) is 0.520. The molecule has 1 aromatic heterocycles. The fraction of sp³-hybridized carbons (Fsp3) is 0.100. The van der Waals surface area contributed by atoms with Gasteiger partial charge in [-0.2, -0.15) is 0 Å². The lowest BCUT2D eigenvalue weighted by molar-refractivity contribution is 0.0871. The second kappa shape index (κ2) is 7.77. The van der Waals surface area contributed by atoms with Gasteiger partial charge in [0.25, 0.3) is 5.91 Å². The van der Waals surface area contributed by atoms with Crippen LogP contribution in [-0.4, -0.2) is 17.9 Å². The number of benzene rings is 2. The fourth-order valence-corrected chi connectivity index (χ4v) is 3.12. The molecule has 1 unspecified atom stereocenters. The van der Waals surface area contributed by atoms with E-state index in [-0.39, 0.29) is 11.7 Å². The topological polar surface area (TPSA) is 58.2 Å². The molecule has 1 amide bonds. The van der Waals surface area contributed by atoms with Crippen molar-refractivity contribution in [2.24, 2.45) is 0 Å². The third kappa shape index (κ3) is 4.14. The number of thiophene rings is 1. The minimum Gasteiger partial charge on any atom is -0.359 e. The summed E-state index contributed by atoms with van der Waals surface area (Å²) >= 11 is 1.36. The van der Waals surface area contributed by atoms with Gasteiger partial charge in [0.1, 0.15) is 0 Å². The SMILES string of the molecule is Cc1ccccc1NC(NC(=O)c1ccccc1)C(=O)c1cccs1. The molecule has 25 heavy (non-hydrogen) atoms. The summed E-state index contributed by atoms with van der Waals surface area (Å²) < 4.78 is 0. The van der Waals surface area contributed by atoms with Gasteiger partial charge in [-0.1, -0.05) is 42.5 Å². The van der Waals surface area contributed by atoms with E-state index in [0.29, 0.717) is 10.4 Å². The molecule has 2 N–H and O–H groups in total. The lowest BCUT2D eigenvalue weighted by Gasteiger charge is -2.21. The molecular formula is C20H18N2O2S. The third-order valence-corrected chi connectivity index (χ3v) is 4.67. The first-order valence-electron chi connectivity index (χ1n) is 7.91. The van der Waals surface area contributed by atoms with Crippen LogP contribution in [0.5, 0.6) is 0 Å². The molecule has 0 fully saturated rings. The van der Waals surface area contributed by atoms with Gasteiger partial charge in [-0.15, -0.1) is 11.3 Å². The Balaban J connectivity index is 1.85. The van der Waals surface area contributed by atoms with E-state index < -0.39 is 6.17 Å². The number of hydrogen-bond donors (Lipinski definition) is 2. The molecule has 3 aromatic rings. The molecule has 0 aliphatic rings. The number of rotatable bonds is 6. The van der Waals surface area contributed by atoms with Crippen LogP contribution in [0.15, 0.2) is 72.1 Å². The normalized spacial score (nSPS) is 11.6. The minimum atomic E-state index is -0.840. The van der Waals surface area contributed by atoms with Crippen molar-refractivity contribution in [2.45, 2.75) is 13.1 Å². The predicted molar refractivity (Wildman–Crippen MR) is 101 cm³/mol. The standard InChI is InChI=1S/C20H18N2O2S/c1-14-8-5-6-11-16(14)21-19(18(23)17-12-7-13-25-17)22-20(24)15-9-3-2-4-10-15/h2-13,19,21H,1H3,(H,22,24). The zero-order chi connectivity index (χ0) is 17.6. The number of ketones is 1. The largest absolute Gasteiger partial charge is 0.359 e. The molecule has 0 aliphatic carbocycles. The highest BCUT2D eigenvalue weighted by Gasteiger charge is 2.23. The van der Waals surface area contributed by atoms with E-state index in [9.17, 15) is 9.59 Å². The summed E-state index contributed by atoms with van der Waals surface area (Å²) in [7, 11) is 0. The number of nitrogens with one attached hydrogen (secondary N) is 2. The van der Waals surface area contributed by atoms with Crippen LogP contribution >= 0.6 is 11.3 Å². The number of carbonyl (C=O) groups is 2. The Hall–Kier alpha value is -2.92.